The second-order valence-electron chi connectivity index (χ2n) is 8.06. The third-order valence-electron chi connectivity index (χ3n) is 5.47. The number of hydrogen-bond acceptors (Lipinski definition) is 6. The number of para-hydroxylation sites is 1. The highest BCUT2D eigenvalue weighted by atomic mass is 32.2. The molecule has 2 amide bonds. The van der Waals surface area contributed by atoms with Crippen molar-refractivity contribution in [1.82, 2.24) is 24.6 Å². The number of carbonyl (C=O) groups is 2. The number of nitrogens with zero attached hydrogens (tertiary/aromatic N) is 5. The van der Waals surface area contributed by atoms with Crippen LogP contribution < -0.4 is 5.32 Å². The van der Waals surface area contributed by atoms with Crippen LogP contribution in [0.4, 0.5) is 5.69 Å². The Hall–Kier alpha value is -2.39. The molecule has 0 saturated carbocycles. The average Bonchev–Trinajstić information content (AvgIpc) is 3.13. The van der Waals surface area contributed by atoms with Crippen LogP contribution in [0.5, 0.6) is 0 Å². The number of aryl methyl sites for hydroxylation is 1. The summed E-state index contributed by atoms with van der Waals surface area (Å²) in [5.74, 6) is 1.64. The second-order valence-corrected chi connectivity index (χ2v) is 9.00. The summed E-state index contributed by atoms with van der Waals surface area (Å²) in [6.45, 7) is 9.22. The van der Waals surface area contributed by atoms with Crippen LogP contribution >= 0.6 is 11.8 Å². The van der Waals surface area contributed by atoms with Crippen molar-refractivity contribution < 1.29 is 9.59 Å². The van der Waals surface area contributed by atoms with Gasteiger partial charge in [-0.3, -0.25) is 14.5 Å². The van der Waals surface area contributed by atoms with Crippen molar-refractivity contribution in [3.8, 4) is 0 Å². The highest BCUT2D eigenvalue weighted by Gasteiger charge is 2.23. The van der Waals surface area contributed by atoms with Crippen LogP contribution in [0.3, 0.4) is 0 Å². The molecule has 0 bridgehead atoms. The number of amides is 2. The fourth-order valence-corrected chi connectivity index (χ4v) is 4.49. The molecule has 2 aromatic rings. The molecule has 3 rings (SSSR count). The summed E-state index contributed by atoms with van der Waals surface area (Å²) in [4.78, 5) is 29.0. The van der Waals surface area contributed by atoms with Crippen molar-refractivity contribution in [3.63, 3.8) is 0 Å². The topological polar surface area (TPSA) is 83.4 Å². The van der Waals surface area contributed by atoms with Gasteiger partial charge < -0.3 is 14.8 Å². The van der Waals surface area contributed by atoms with Gasteiger partial charge in [0, 0.05) is 44.8 Å². The lowest BCUT2D eigenvalue weighted by molar-refractivity contribution is -0.130. The molecule has 0 aliphatic carbocycles. The Morgan fingerprint density at radius 3 is 2.48 bits per heavy atom. The van der Waals surface area contributed by atoms with Crippen LogP contribution in [0, 0.1) is 0 Å². The van der Waals surface area contributed by atoms with Gasteiger partial charge in [-0.25, -0.2) is 0 Å². The predicted octanol–water partition coefficient (Wildman–Crippen LogP) is 2.38. The molecule has 1 aromatic heterocycles. The average molecular weight is 445 g/mol. The Labute approximate surface area is 188 Å². The molecule has 1 aromatic carbocycles. The smallest absolute Gasteiger partial charge is 0.238 e. The van der Waals surface area contributed by atoms with E-state index in [1.807, 2.05) is 40.8 Å². The van der Waals surface area contributed by atoms with Gasteiger partial charge in [0.25, 0.3) is 0 Å². The molecule has 9 heteroatoms. The third kappa shape index (κ3) is 6.07. The first-order valence-corrected chi connectivity index (χ1v) is 11.8. The molecule has 1 saturated heterocycles. The Balaban J connectivity index is 1.42. The minimum absolute atomic E-state index is 0.0144. The first-order chi connectivity index (χ1) is 14.9. The lowest BCUT2D eigenvalue weighted by Gasteiger charge is -2.34. The lowest BCUT2D eigenvalue weighted by atomic mass is 10.1. The third-order valence-corrected chi connectivity index (χ3v) is 6.48. The SMILES string of the molecule is CCc1ccccc1NC(=O)CN1CCN(C(=O)CSc2nnc(C(C)C)n2C)CC1. The van der Waals surface area contributed by atoms with Crippen LogP contribution in [0.2, 0.25) is 0 Å². The van der Waals surface area contributed by atoms with Crippen LogP contribution in [0.25, 0.3) is 0 Å². The zero-order valence-corrected chi connectivity index (χ0v) is 19.6. The maximum absolute atomic E-state index is 12.6. The van der Waals surface area contributed by atoms with Gasteiger partial charge in [0.05, 0.1) is 12.3 Å². The normalized spacial score (nSPS) is 14.8. The van der Waals surface area contributed by atoms with Gasteiger partial charge in [0.1, 0.15) is 5.82 Å². The van der Waals surface area contributed by atoms with Crippen molar-refractivity contribution in [2.45, 2.75) is 38.3 Å². The molecule has 1 fully saturated rings. The maximum atomic E-state index is 12.6. The quantitative estimate of drug-likeness (QED) is 0.630. The van der Waals surface area contributed by atoms with E-state index in [4.69, 9.17) is 0 Å². The van der Waals surface area contributed by atoms with E-state index in [1.54, 1.807) is 0 Å². The summed E-state index contributed by atoms with van der Waals surface area (Å²) in [6, 6.07) is 7.88. The first-order valence-electron chi connectivity index (χ1n) is 10.8. The van der Waals surface area contributed by atoms with E-state index in [-0.39, 0.29) is 11.8 Å². The molecule has 168 valence electrons. The summed E-state index contributed by atoms with van der Waals surface area (Å²) in [6.07, 6.45) is 0.877. The molecular formula is C22H32N6O2S. The maximum Gasteiger partial charge on any atom is 0.238 e. The van der Waals surface area contributed by atoms with E-state index >= 15 is 0 Å². The van der Waals surface area contributed by atoms with Gasteiger partial charge >= 0.3 is 0 Å². The molecule has 1 aliphatic heterocycles. The van der Waals surface area contributed by atoms with Crippen molar-refractivity contribution in [2.75, 3.05) is 43.8 Å². The van der Waals surface area contributed by atoms with Gasteiger partial charge in [0.15, 0.2) is 5.16 Å². The van der Waals surface area contributed by atoms with Gasteiger partial charge in [-0.05, 0) is 18.1 Å². The summed E-state index contributed by atoms with van der Waals surface area (Å²) >= 11 is 1.42. The van der Waals surface area contributed by atoms with Crippen LogP contribution in [0.1, 0.15) is 38.1 Å². The van der Waals surface area contributed by atoms with E-state index in [1.165, 1.54) is 11.8 Å². The number of hydrogen-bond donors (Lipinski definition) is 1. The van der Waals surface area contributed by atoms with E-state index in [9.17, 15) is 9.59 Å². The van der Waals surface area contributed by atoms with Crippen LogP contribution in [-0.2, 0) is 23.1 Å². The van der Waals surface area contributed by atoms with Crippen molar-refractivity contribution in [2.24, 2.45) is 7.05 Å². The molecule has 0 unspecified atom stereocenters. The predicted molar refractivity (Wildman–Crippen MR) is 123 cm³/mol. The number of nitrogens with one attached hydrogen (secondary N) is 1. The molecule has 0 atom stereocenters. The fourth-order valence-electron chi connectivity index (χ4n) is 3.67. The second kappa shape index (κ2) is 10.8. The van der Waals surface area contributed by atoms with Gasteiger partial charge in [0.2, 0.25) is 11.8 Å². The van der Waals surface area contributed by atoms with E-state index in [2.05, 4.69) is 41.2 Å². The Morgan fingerprint density at radius 2 is 1.84 bits per heavy atom. The summed E-state index contributed by atoms with van der Waals surface area (Å²) in [7, 11) is 1.94. The van der Waals surface area contributed by atoms with Crippen molar-refractivity contribution in [1.29, 1.82) is 0 Å². The minimum atomic E-state index is -0.0144. The van der Waals surface area contributed by atoms with Crippen molar-refractivity contribution >= 4 is 29.3 Å². The Bertz CT molecular complexity index is 905. The standard InChI is InChI=1S/C22H32N6O2S/c1-5-17-8-6-7-9-18(17)23-19(29)14-27-10-12-28(13-11-27)20(30)15-31-22-25-24-21(16(2)3)26(22)4/h6-9,16H,5,10-15H2,1-4H3,(H,23,29). The summed E-state index contributed by atoms with van der Waals surface area (Å²) in [5, 5.41) is 12.2. The molecule has 8 nitrogen and oxygen atoms in total. The van der Waals surface area contributed by atoms with Gasteiger partial charge in [-0.15, -0.1) is 10.2 Å². The first kappa shape index (κ1) is 23.3. The van der Waals surface area contributed by atoms with Crippen LogP contribution in [0.15, 0.2) is 29.4 Å². The number of carbonyl (C=O) groups excluding carboxylic acids is 2. The molecule has 2 heterocycles. The van der Waals surface area contributed by atoms with E-state index in [0.29, 0.717) is 44.4 Å². The highest BCUT2D eigenvalue weighted by molar-refractivity contribution is 7.99. The number of thioether (sulfide) groups is 1. The number of benzene rings is 1. The Kier molecular flexibility index (Phi) is 8.09. The molecule has 0 radical (unpaired) electrons. The van der Waals surface area contributed by atoms with E-state index < -0.39 is 0 Å². The zero-order chi connectivity index (χ0) is 22.4. The Morgan fingerprint density at radius 1 is 1.13 bits per heavy atom. The summed E-state index contributed by atoms with van der Waals surface area (Å²) in [5.41, 5.74) is 2.01. The monoisotopic (exact) mass is 444 g/mol. The molecule has 1 N–H and O–H groups in total. The number of rotatable bonds is 8. The van der Waals surface area contributed by atoms with Crippen molar-refractivity contribution in [3.05, 3.63) is 35.7 Å². The number of anilines is 1. The minimum Gasteiger partial charge on any atom is -0.339 e. The lowest BCUT2D eigenvalue weighted by Crippen LogP contribution is -2.50. The van der Waals surface area contributed by atoms with Crippen LogP contribution in [-0.4, -0.2) is 74.9 Å². The molecule has 31 heavy (non-hydrogen) atoms. The fraction of sp³-hybridized carbons (Fsp3) is 0.545. The number of piperazine rings is 1. The summed E-state index contributed by atoms with van der Waals surface area (Å²) < 4.78 is 1.95. The number of aromatic nitrogens is 3. The van der Waals surface area contributed by atoms with E-state index in [0.717, 1.165) is 28.7 Å². The molecule has 0 spiro atoms. The highest BCUT2D eigenvalue weighted by Crippen LogP contribution is 2.20. The molecular weight excluding hydrogens is 412 g/mol. The van der Waals surface area contributed by atoms with Gasteiger partial charge in [-0.2, -0.15) is 0 Å². The van der Waals surface area contributed by atoms with Gasteiger partial charge in [-0.1, -0.05) is 50.7 Å². The zero-order valence-electron chi connectivity index (χ0n) is 18.8. The largest absolute Gasteiger partial charge is 0.339 e. The molecule has 1 aliphatic rings.